The number of ether oxygens (including phenoxy) is 1. The van der Waals surface area contributed by atoms with Crippen LogP contribution in [0.3, 0.4) is 0 Å². The number of nitrogens with one attached hydrogen (secondary N) is 1. The molecule has 1 aliphatic carbocycles. The largest absolute Gasteiger partial charge is 0.481 e. The Morgan fingerprint density at radius 2 is 1.81 bits per heavy atom. The van der Waals surface area contributed by atoms with Crippen molar-refractivity contribution < 1.29 is 33.0 Å². The Morgan fingerprint density at radius 1 is 1.19 bits per heavy atom. The van der Waals surface area contributed by atoms with Gasteiger partial charge in [0.2, 0.25) is 5.92 Å². The first-order chi connectivity index (χ1) is 12.3. The van der Waals surface area contributed by atoms with Crippen LogP contribution in [-0.2, 0) is 20.9 Å². The number of aliphatic carboxylic acids is 1. The molecule has 2 N–H and O–H groups in total. The van der Waals surface area contributed by atoms with E-state index in [1.807, 2.05) is 6.07 Å². The molecule has 1 saturated carbocycles. The molecule has 0 aliphatic heterocycles. The van der Waals surface area contributed by atoms with E-state index >= 15 is 0 Å². The van der Waals surface area contributed by atoms with Gasteiger partial charge in [-0.2, -0.15) is 0 Å². The third kappa shape index (κ3) is 6.09. The topological polar surface area (TPSA) is 92.7 Å². The second-order valence-electron chi connectivity index (χ2n) is 6.41. The predicted molar refractivity (Wildman–Crippen MR) is 87.7 cm³/mol. The Morgan fingerprint density at radius 3 is 2.38 bits per heavy atom. The van der Waals surface area contributed by atoms with Gasteiger partial charge in [0, 0.05) is 12.8 Å². The molecule has 1 atom stereocenters. The van der Waals surface area contributed by atoms with Crippen molar-refractivity contribution in [2.24, 2.45) is 5.92 Å². The smallest absolute Gasteiger partial charge is 0.408 e. The zero-order valence-corrected chi connectivity index (χ0v) is 14.1. The summed E-state index contributed by atoms with van der Waals surface area (Å²) >= 11 is 0. The number of carbonyl (C=O) groups is 3. The van der Waals surface area contributed by atoms with Gasteiger partial charge in [0.15, 0.2) is 5.78 Å². The van der Waals surface area contributed by atoms with Gasteiger partial charge in [0.1, 0.15) is 13.0 Å². The predicted octanol–water partition coefficient (Wildman–Crippen LogP) is 3.15. The molecule has 1 aromatic carbocycles. The molecule has 0 radical (unpaired) electrons. The van der Waals surface area contributed by atoms with Crippen molar-refractivity contribution in [3.8, 4) is 0 Å². The van der Waals surface area contributed by atoms with Gasteiger partial charge in [-0.25, -0.2) is 13.6 Å². The third-order valence-electron chi connectivity index (χ3n) is 4.39. The molecule has 2 rings (SSSR count). The summed E-state index contributed by atoms with van der Waals surface area (Å²) < 4.78 is 31.7. The lowest BCUT2D eigenvalue weighted by molar-refractivity contribution is -0.141. The first-order valence-corrected chi connectivity index (χ1v) is 8.36. The molecular formula is C18H21F2NO5. The van der Waals surface area contributed by atoms with Crippen LogP contribution in [0.15, 0.2) is 30.3 Å². The average molecular weight is 369 g/mol. The van der Waals surface area contributed by atoms with Crippen LogP contribution in [0.1, 0.15) is 37.7 Å². The quantitative estimate of drug-likeness (QED) is 0.720. The van der Waals surface area contributed by atoms with Crippen molar-refractivity contribution in [2.45, 2.75) is 50.7 Å². The highest BCUT2D eigenvalue weighted by Crippen LogP contribution is 2.37. The number of ketones is 1. The third-order valence-corrected chi connectivity index (χ3v) is 4.39. The maximum atomic E-state index is 13.3. The van der Waals surface area contributed by atoms with E-state index in [0.29, 0.717) is 0 Å². The van der Waals surface area contributed by atoms with Crippen molar-refractivity contribution in [1.82, 2.24) is 5.32 Å². The van der Waals surface area contributed by atoms with Gasteiger partial charge < -0.3 is 15.2 Å². The van der Waals surface area contributed by atoms with Crippen molar-refractivity contribution >= 4 is 17.8 Å². The molecule has 1 aromatic rings. The van der Waals surface area contributed by atoms with E-state index in [2.05, 4.69) is 5.32 Å². The summed E-state index contributed by atoms with van der Waals surface area (Å²) in [6.45, 7) is -0.0186. The maximum absolute atomic E-state index is 13.3. The number of carboxylic acids is 1. The molecular weight excluding hydrogens is 348 g/mol. The van der Waals surface area contributed by atoms with Crippen LogP contribution in [0, 0.1) is 5.92 Å². The fraction of sp³-hybridized carbons (Fsp3) is 0.500. The number of benzene rings is 1. The molecule has 0 spiro atoms. The van der Waals surface area contributed by atoms with Crippen LogP contribution < -0.4 is 5.32 Å². The van der Waals surface area contributed by atoms with Gasteiger partial charge in [-0.05, 0) is 24.3 Å². The molecule has 1 aliphatic rings. The van der Waals surface area contributed by atoms with Crippen LogP contribution in [-0.4, -0.2) is 34.9 Å². The first kappa shape index (κ1) is 19.8. The Hall–Kier alpha value is -2.51. The van der Waals surface area contributed by atoms with Gasteiger partial charge in [-0.15, -0.1) is 0 Å². The lowest BCUT2D eigenvalue weighted by atomic mass is 9.80. The molecule has 142 valence electrons. The number of rotatable bonds is 7. The molecule has 0 saturated heterocycles. The molecule has 1 fully saturated rings. The lowest BCUT2D eigenvalue weighted by Crippen LogP contribution is -2.48. The lowest BCUT2D eigenvalue weighted by Gasteiger charge is -2.33. The van der Waals surface area contributed by atoms with E-state index in [1.54, 1.807) is 24.3 Å². The highest BCUT2D eigenvalue weighted by atomic mass is 19.3. The number of alkyl halides is 2. The summed E-state index contributed by atoms with van der Waals surface area (Å²) in [5.74, 6) is -5.37. The number of Topliss-reactive ketones (excluding diaryl/α,β-unsaturated/α-hetero) is 1. The Bertz CT molecular complexity index is 640. The van der Waals surface area contributed by atoms with Crippen LogP contribution in [0.5, 0.6) is 0 Å². The minimum absolute atomic E-state index is 0.0186. The van der Waals surface area contributed by atoms with Crippen LogP contribution in [0.4, 0.5) is 13.6 Å². The molecule has 0 aromatic heterocycles. The number of amides is 1. The highest BCUT2D eigenvalue weighted by Gasteiger charge is 2.40. The zero-order chi connectivity index (χ0) is 19.2. The Labute approximate surface area is 149 Å². The van der Waals surface area contributed by atoms with Gasteiger partial charge in [0.05, 0.1) is 6.04 Å². The second-order valence-corrected chi connectivity index (χ2v) is 6.41. The Balaban J connectivity index is 1.97. The van der Waals surface area contributed by atoms with E-state index in [1.165, 1.54) is 0 Å². The summed E-state index contributed by atoms with van der Waals surface area (Å²) in [7, 11) is 0. The number of halogens is 2. The average Bonchev–Trinajstić information content (AvgIpc) is 2.58. The van der Waals surface area contributed by atoms with Crippen LogP contribution in [0.2, 0.25) is 0 Å². The number of hydrogen-bond acceptors (Lipinski definition) is 4. The van der Waals surface area contributed by atoms with E-state index in [-0.39, 0.29) is 19.4 Å². The molecule has 26 heavy (non-hydrogen) atoms. The van der Waals surface area contributed by atoms with Gasteiger partial charge in [-0.3, -0.25) is 9.59 Å². The van der Waals surface area contributed by atoms with Gasteiger partial charge >= 0.3 is 12.1 Å². The minimum Gasteiger partial charge on any atom is -0.481 e. The van der Waals surface area contributed by atoms with Crippen molar-refractivity contribution in [2.75, 3.05) is 0 Å². The summed E-state index contributed by atoms with van der Waals surface area (Å²) in [4.78, 5) is 35.0. The molecule has 0 bridgehead atoms. The monoisotopic (exact) mass is 369 g/mol. The molecule has 0 heterocycles. The van der Waals surface area contributed by atoms with Crippen molar-refractivity contribution in [3.63, 3.8) is 0 Å². The number of carbonyl (C=O) groups excluding carboxylic acids is 2. The Kier molecular flexibility index (Phi) is 6.65. The number of alkyl carbamates (subject to hydrolysis) is 1. The van der Waals surface area contributed by atoms with E-state index in [4.69, 9.17) is 9.84 Å². The van der Waals surface area contributed by atoms with E-state index in [0.717, 1.165) is 5.56 Å². The van der Waals surface area contributed by atoms with Crippen LogP contribution in [0.25, 0.3) is 0 Å². The fourth-order valence-electron chi connectivity index (χ4n) is 3.01. The normalized spacial score (nSPS) is 17.9. The number of hydrogen-bond donors (Lipinski definition) is 2. The summed E-state index contributed by atoms with van der Waals surface area (Å²) in [5, 5.41) is 11.2. The first-order valence-electron chi connectivity index (χ1n) is 8.36. The van der Waals surface area contributed by atoms with Crippen molar-refractivity contribution in [1.29, 1.82) is 0 Å². The SMILES string of the molecule is O=C(O)CC(=O)[C@@H](NC(=O)OCc1ccccc1)C1CCC(F)(F)CC1. The molecule has 0 unspecified atom stereocenters. The zero-order valence-electron chi connectivity index (χ0n) is 14.1. The van der Waals surface area contributed by atoms with E-state index < -0.39 is 55.0 Å². The molecule has 1 amide bonds. The van der Waals surface area contributed by atoms with Crippen LogP contribution >= 0.6 is 0 Å². The highest BCUT2D eigenvalue weighted by molar-refractivity contribution is 5.99. The fourth-order valence-corrected chi connectivity index (χ4v) is 3.01. The second kappa shape index (κ2) is 8.73. The molecule has 8 heteroatoms. The van der Waals surface area contributed by atoms with Gasteiger partial charge in [-0.1, -0.05) is 30.3 Å². The van der Waals surface area contributed by atoms with Crippen molar-refractivity contribution in [3.05, 3.63) is 35.9 Å². The van der Waals surface area contributed by atoms with Gasteiger partial charge in [0.25, 0.3) is 0 Å². The summed E-state index contributed by atoms with van der Waals surface area (Å²) in [6.07, 6.45) is -2.39. The number of carboxylic acid groups (broad SMARTS) is 1. The molecule has 6 nitrogen and oxygen atoms in total. The standard InChI is InChI=1S/C18H21F2NO5/c19-18(20)8-6-13(7-9-18)16(14(22)10-15(23)24)21-17(25)26-11-12-4-2-1-3-5-12/h1-5,13,16H,6-11H2,(H,21,25)(H,23,24)/t16-/m0/s1. The van der Waals surface area contributed by atoms with E-state index in [9.17, 15) is 23.2 Å². The summed E-state index contributed by atoms with van der Waals surface area (Å²) in [5.41, 5.74) is 0.744. The summed E-state index contributed by atoms with van der Waals surface area (Å²) in [6, 6.07) is 7.72. The maximum Gasteiger partial charge on any atom is 0.408 e. The minimum atomic E-state index is -2.79.